The zero-order chi connectivity index (χ0) is 19.4. The Bertz CT molecular complexity index is 1210. The van der Waals surface area contributed by atoms with Gasteiger partial charge in [-0.25, -0.2) is 15.0 Å². The molecule has 0 bridgehead atoms. The van der Waals surface area contributed by atoms with Gasteiger partial charge >= 0.3 is 0 Å². The van der Waals surface area contributed by atoms with Crippen molar-refractivity contribution in [1.82, 2.24) is 29.9 Å². The maximum Gasteiger partial charge on any atom is 0.191 e. The summed E-state index contributed by atoms with van der Waals surface area (Å²) in [6, 6.07) is 23.5. The molecule has 0 saturated heterocycles. The van der Waals surface area contributed by atoms with Crippen LogP contribution in [0.3, 0.4) is 0 Å². The van der Waals surface area contributed by atoms with Crippen LogP contribution in [0.1, 0.15) is 17.5 Å². The van der Waals surface area contributed by atoms with Gasteiger partial charge in [-0.3, -0.25) is 0 Å². The van der Waals surface area contributed by atoms with Crippen molar-refractivity contribution in [3.63, 3.8) is 0 Å². The highest BCUT2D eigenvalue weighted by Crippen LogP contribution is 2.32. The molecule has 0 saturated carbocycles. The summed E-state index contributed by atoms with van der Waals surface area (Å²) in [4.78, 5) is 24.4. The van der Waals surface area contributed by atoms with Gasteiger partial charge in [-0.15, -0.1) is 0 Å². The second-order valence-electron chi connectivity index (χ2n) is 7.12. The first-order valence-corrected chi connectivity index (χ1v) is 9.36. The van der Waals surface area contributed by atoms with Crippen LogP contribution in [-0.4, -0.2) is 29.9 Å². The second-order valence-corrected chi connectivity index (χ2v) is 7.12. The smallest absolute Gasteiger partial charge is 0.191 e. The van der Waals surface area contributed by atoms with E-state index < -0.39 is 5.54 Å². The van der Waals surface area contributed by atoms with E-state index in [1.54, 1.807) is 0 Å². The Kier molecular flexibility index (Phi) is 3.18. The molecular formula is C22H17N7. The first kappa shape index (κ1) is 16.0. The minimum atomic E-state index is -1.21. The number of aromatic amines is 3. The van der Waals surface area contributed by atoms with Crippen LogP contribution in [-0.2, 0) is 5.54 Å². The molecule has 0 amide bonds. The lowest BCUT2D eigenvalue weighted by molar-refractivity contribution is 0.548. The van der Waals surface area contributed by atoms with Gasteiger partial charge in [0, 0.05) is 0 Å². The van der Waals surface area contributed by atoms with Crippen molar-refractivity contribution >= 4 is 33.1 Å². The van der Waals surface area contributed by atoms with Crippen molar-refractivity contribution in [2.75, 3.05) is 0 Å². The zero-order valence-corrected chi connectivity index (χ0v) is 15.3. The van der Waals surface area contributed by atoms with E-state index in [1.807, 2.05) is 72.8 Å². The van der Waals surface area contributed by atoms with Gasteiger partial charge in [0.05, 0.1) is 33.1 Å². The molecule has 0 radical (unpaired) electrons. The van der Waals surface area contributed by atoms with Crippen LogP contribution in [0.4, 0.5) is 0 Å². The third-order valence-electron chi connectivity index (χ3n) is 5.29. The molecule has 0 atom stereocenters. The molecule has 7 nitrogen and oxygen atoms in total. The number of hydrogen-bond donors (Lipinski definition) is 4. The molecule has 0 aliphatic rings. The van der Waals surface area contributed by atoms with Gasteiger partial charge in [-0.1, -0.05) is 36.4 Å². The van der Waals surface area contributed by atoms with Gasteiger partial charge in [0.25, 0.3) is 0 Å². The highest BCUT2D eigenvalue weighted by molar-refractivity contribution is 5.78. The number of fused-ring (bicyclic) bond motifs is 3. The van der Waals surface area contributed by atoms with E-state index in [-0.39, 0.29) is 0 Å². The minimum absolute atomic E-state index is 0.566. The molecule has 6 rings (SSSR count). The quantitative estimate of drug-likeness (QED) is 0.376. The van der Waals surface area contributed by atoms with Crippen molar-refractivity contribution in [3.05, 3.63) is 90.3 Å². The summed E-state index contributed by atoms with van der Waals surface area (Å²) in [6.45, 7) is 0. The Hall–Kier alpha value is -3.97. The Balaban J connectivity index is 1.66. The van der Waals surface area contributed by atoms with Crippen molar-refractivity contribution in [2.24, 2.45) is 5.73 Å². The molecule has 0 fully saturated rings. The topological polar surface area (TPSA) is 112 Å². The van der Waals surface area contributed by atoms with Crippen LogP contribution in [0, 0.1) is 0 Å². The molecule has 6 aromatic rings. The summed E-state index contributed by atoms with van der Waals surface area (Å²) < 4.78 is 0. The summed E-state index contributed by atoms with van der Waals surface area (Å²) in [5.74, 6) is 1.70. The monoisotopic (exact) mass is 379 g/mol. The fourth-order valence-corrected chi connectivity index (χ4v) is 3.76. The fourth-order valence-electron chi connectivity index (χ4n) is 3.76. The first-order chi connectivity index (χ1) is 14.2. The lowest BCUT2D eigenvalue weighted by Gasteiger charge is -2.22. The fraction of sp³-hybridized carbons (Fsp3) is 0.0455. The number of nitrogens with two attached hydrogens (primary N) is 1. The number of aromatic nitrogens is 6. The van der Waals surface area contributed by atoms with E-state index in [9.17, 15) is 0 Å². The molecule has 0 aliphatic heterocycles. The van der Waals surface area contributed by atoms with Gasteiger partial charge < -0.3 is 20.7 Å². The summed E-state index contributed by atoms with van der Waals surface area (Å²) in [7, 11) is 0. The largest absolute Gasteiger partial charge is 0.340 e. The summed E-state index contributed by atoms with van der Waals surface area (Å²) in [6.07, 6.45) is 0. The molecule has 29 heavy (non-hydrogen) atoms. The third kappa shape index (κ3) is 2.31. The number of nitrogens with zero attached hydrogens (tertiary/aromatic N) is 3. The molecule has 7 heteroatoms. The third-order valence-corrected chi connectivity index (χ3v) is 5.29. The molecule has 140 valence electrons. The maximum absolute atomic E-state index is 7.07. The Morgan fingerprint density at radius 2 is 0.828 bits per heavy atom. The molecule has 0 unspecified atom stereocenters. The SMILES string of the molecule is NC(c1nc2ccccc2[nH]1)(c1nc2ccccc2[nH]1)c1nc2ccccc2[nH]1. The van der Waals surface area contributed by atoms with Crippen LogP contribution in [0.25, 0.3) is 33.1 Å². The van der Waals surface area contributed by atoms with Crippen molar-refractivity contribution < 1.29 is 0 Å². The molecule has 3 heterocycles. The standard InChI is InChI=1S/C22H17N7/c23-22(19-24-13-7-1-2-8-14(13)25-19,20-26-15-9-3-4-10-16(15)27-20)21-28-17-11-5-6-12-18(17)29-21/h1-12H,23H2,(H,24,25)(H,26,27)(H,28,29). The minimum Gasteiger partial charge on any atom is -0.340 e. The van der Waals surface area contributed by atoms with Crippen LogP contribution in [0.15, 0.2) is 72.8 Å². The van der Waals surface area contributed by atoms with E-state index in [4.69, 9.17) is 20.7 Å². The lowest BCUT2D eigenvalue weighted by atomic mass is 9.98. The number of imidazole rings is 3. The Morgan fingerprint density at radius 1 is 0.517 bits per heavy atom. The number of para-hydroxylation sites is 6. The number of nitrogens with one attached hydrogen (secondary N) is 3. The number of hydrogen-bond acceptors (Lipinski definition) is 4. The molecule has 3 aromatic carbocycles. The normalized spacial score (nSPS) is 12.3. The van der Waals surface area contributed by atoms with Crippen LogP contribution >= 0.6 is 0 Å². The van der Waals surface area contributed by atoms with E-state index >= 15 is 0 Å². The lowest BCUT2D eigenvalue weighted by Crippen LogP contribution is -2.42. The van der Waals surface area contributed by atoms with Gasteiger partial charge in [0.15, 0.2) is 5.54 Å². The molecule has 5 N–H and O–H groups in total. The van der Waals surface area contributed by atoms with Gasteiger partial charge in [-0.05, 0) is 36.4 Å². The van der Waals surface area contributed by atoms with Crippen LogP contribution < -0.4 is 5.73 Å². The van der Waals surface area contributed by atoms with E-state index in [0.29, 0.717) is 17.5 Å². The van der Waals surface area contributed by atoms with Gasteiger partial charge in [0.1, 0.15) is 17.5 Å². The summed E-state index contributed by atoms with van der Waals surface area (Å²) in [5.41, 5.74) is 11.1. The van der Waals surface area contributed by atoms with Gasteiger partial charge in [0.2, 0.25) is 0 Å². The Morgan fingerprint density at radius 3 is 1.14 bits per heavy atom. The van der Waals surface area contributed by atoms with Crippen LogP contribution in [0.5, 0.6) is 0 Å². The zero-order valence-electron chi connectivity index (χ0n) is 15.3. The number of benzene rings is 3. The predicted molar refractivity (Wildman–Crippen MR) is 112 cm³/mol. The molecule has 0 aliphatic carbocycles. The highest BCUT2D eigenvalue weighted by Gasteiger charge is 2.41. The molecular weight excluding hydrogens is 362 g/mol. The van der Waals surface area contributed by atoms with Gasteiger partial charge in [-0.2, -0.15) is 0 Å². The van der Waals surface area contributed by atoms with Crippen molar-refractivity contribution in [2.45, 2.75) is 5.54 Å². The maximum atomic E-state index is 7.07. The van der Waals surface area contributed by atoms with Crippen LogP contribution in [0.2, 0.25) is 0 Å². The average molecular weight is 379 g/mol. The highest BCUT2D eigenvalue weighted by atomic mass is 15.1. The summed E-state index contributed by atoms with van der Waals surface area (Å²) >= 11 is 0. The molecule has 0 spiro atoms. The first-order valence-electron chi connectivity index (χ1n) is 9.36. The van der Waals surface area contributed by atoms with E-state index in [1.165, 1.54) is 0 Å². The van der Waals surface area contributed by atoms with Crippen molar-refractivity contribution in [1.29, 1.82) is 0 Å². The predicted octanol–water partition coefficient (Wildman–Crippen LogP) is 3.57. The second kappa shape index (κ2) is 5.76. The summed E-state index contributed by atoms with van der Waals surface area (Å²) in [5, 5.41) is 0. The Labute approximate surface area is 165 Å². The van der Waals surface area contributed by atoms with E-state index in [2.05, 4.69) is 15.0 Å². The molecule has 3 aromatic heterocycles. The number of H-pyrrole nitrogens is 3. The van der Waals surface area contributed by atoms with E-state index in [0.717, 1.165) is 33.1 Å². The van der Waals surface area contributed by atoms with Crippen molar-refractivity contribution in [3.8, 4) is 0 Å². The average Bonchev–Trinajstić information content (AvgIpc) is 3.48. The number of rotatable bonds is 3.